The van der Waals surface area contributed by atoms with Crippen molar-refractivity contribution >= 4 is 43.6 Å². The van der Waals surface area contributed by atoms with Gasteiger partial charge in [0.15, 0.2) is 0 Å². The third-order valence-electron chi connectivity index (χ3n) is 12.2. The fourth-order valence-corrected chi connectivity index (χ4v) is 9.13. The van der Waals surface area contributed by atoms with Gasteiger partial charge in [0.05, 0.1) is 33.5 Å². The predicted molar refractivity (Wildman–Crippen MR) is 258 cm³/mol. The third-order valence-corrected chi connectivity index (χ3v) is 12.2. The van der Waals surface area contributed by atoms with E-state index in [-0.39, 0.29) is 0 Å². The molecule has 12 rings (SSSR count). The third kappa shape index (κ3) is 6.08. The van der Waals surface area contributed by atoms with Crippen molar-refractivity contribution in [2.24, 2.45) is 0 Å². The molecule has 0 fully saturated rings. The van der Waals surface area contributed by atoms with Gasteiger partial charge in [-0.15, -0.1) is 0 Å². The van der Waals surface area contributed by atoms with E-state index in [1.165, 1.54) is 38.5 Å². The van der Waals surface area contributed by atoms with Crippen molar-refractivity contribution in [2.45, 2.75) is 0 Å². The van der Waals surface area contributed by atoms with E-state index in [1.54, 1.807) is 0 Å². The highest BCUT2D eigenvalue weighted by atomic mass is 15.2. The van der Waals surface area contributed by atoms with Crippen LogP contribution < -0.4 is 0 Å². The van der Waals surface area contributed by atoms with Gasteiger partial charge < -0.3 is 4.57 Å². The number of aromatic nitrogens is 4. The second kappa shape index (κ2) is 14.7. The van der Waals surface area contributed by atoms with Crippen LogP contribution in [0.1, 0.15) is 0 Å². The lowest BCUT2D eigenvalue weighted by Crippen LogP contribution is -2.04. The van der Waals surface area contributed by atoms with Gasteiger partial charge in [0.25, 0.3) is 0 Å². The Morgan fingerprint density at radius 3 is 1.10 bits per heavy atom. The van der Waals surface area contributed by atoms with E-state index in [4.69, 9.17) is 9.97 Å². The Balaban J connectivity index is 0.990. The first kappa shape index (κ1) is 35.6. The summed E-state index contributed by atoms with van der Waals surface area (Å²) in [4.78, 5) is 10.5. The van der Waals surface area contributed by atoms with Gasteiger partial charge in [0.2, 0.25) is 5.95 Å². The predicted octanol–water partition coefficient (Wildman–Crippen LogP) is 15.0. The molecular weight excluding hydrogens is 753 g/mol. The summed E-state index contributed by atoms with van der Waals surface area (Å²) < 4.78 is 4.64. The summed E-state index contributed by atoms with van der Waals surface area (Å²) in [6, 6.07) is 82.2. The topological polar surface area (TPSA) is 35.6 Å². The molecule has 0 spiro atoms. The number of benzene rings is 9. The zero-order valence-corrected chi connectivity index (χ0v) is 33.7. The molecule has 0 saturated carbocycles. The van der Waals surface area contributed by atoms with Gasteiger partial charge in [0, 0.05) is 38.4 Å². The molecule has 4 heteroatoms. The molecule has 3 heterocycles. The van der Waals surface area contributed by atoms with Gasteiger partial charge in [-0.2, -0.15) is 0 Å². The first-order valence-electron chi connectivity index (χ1n) is 21.1. The largest absolute Gasteiger partial charge is 0.309 e. The van der Waals surface area contributed by atoms with Crippen molar-refractivity contribution in [3.05, 3.63) is 231 Å². The minimum atomic E-state index is 0.639. The molecule has 0 aliphatic heterocycles. The van der Waals surface area contributed by atoms with E-state index in [1.807, 2.05) is 12.1 Å². The van der Waals surface area contributed by atoms with Crippen LogP contribution in [0.25, 0.3) is 111 Å². The lowest BCUT2D eigenvalue weighted by atomic mass is 10.00. The monoisotopic (exact) mass is 790 g/mol. The molecule has 62 heavy (non-hydrogen) atoms. The Morgan fingerprint density at radius 1 is 0.242 bits per heavy atom. The van der Waals surface area contributed by atoms with Crippen LogP contribution in [0, 0.1) is 0 Å². The molecule has 0 saturated heterocycles. The fraction of sp³-hybridized carbons (Fsp3) is 0. The summed E-state index contributed by atoms with van der Waals surface area (Å²) in [6.07, 6.45) is 0. The van der Waals surface area contributed by atoms with Gasteiger partial charge in [-0.3, -0.25) is 4.57 Å². The quantitative estimate of drug-likeness (QED) is 0.161. The molecule has 0 unspecified atom stereocenters. The number of nitrogens with zero attached hydrogens (tertiary/aromatic N) is 4. The maximum atomic E-state index is 5.27. The molecule has 12 aromatic rings. The van der Waals surface area contributed by atoms with Gasteiger partial charge in [-0.1, -0.05) is 188 Å². The summed E-state index contributed by atoms with van der Waals surface area (Å²) >= 11 is 0. The van der Waals surface area contributed by atoms with Crippen LogP contribution in [0.2, 0.25) is 0 Å². The van der Waals surface area contributed by atoms with E-state index in [0.717, 1.165) is 66.7 Å². The normalized spacial score (nSPS) is 11.5. The summed E-state index contributed by atoms with van der Waals surface area (Å²) in [5.74, 6) is 0.639. The minimum Gasteiger partial charge on any atom is -0.309 e. The molecule has 0 aliphatic carbocycles. The van der Waals surface area contributed by atoms with Crippen LogP contribution in [0.4, 0.5) is 0 Å². The highest BCUT2D eigenvalue weighted by Gasteiger charge is 2.19. The number of hydrogen-bond donors (Lipinski definition) is 0. The van der Waals surface area contributed by atoms with Crippen molar-refractivity contribution in [1.82, 2.24) is 19.1 Å². The number of para-hydroxylation sites is 2. The molecule has 9 aromatic carbocycles. The zero-order valence-electron chi connectivity index (χ0n) is 33.7. The Kier molecular flexibility index (Phi) is 8.46. The second-order valence-electron chi connectivity index (χ2n) is 15.8. The average Bonchev–Trinajstić information content (AvgIpc) is 3.87. The van der Waals surface area contributed by atoms with Crippen LogP contribution in [-0.4, -0.2) is 19.1 Å². The highest BCUT2D eigenvalue weighted by Crippen LogP contribution is 2.39. The van der Waals surface area contributed by atoms with Crippen molar-refractivity contribution in [2.75, 3.05) is 0 Å². The Bertz CT molecular complexity index is 3530. The van der Waals surface area contributed by atoms with E-state index in [9.17, 15) is 0 Å². The van der Waals surface area contributed by atoms with Crippen molar-refractivity contribution < 1.29 is 0 Å². The molecule has 290 valence electrons. The summed E-state index contributed by atoms with van der Waals surface area (Å²) in [7, 11) is 0. The Hall–Kier alpha value is -8.34. The van der Waals surface area contributed by atoms with E-state index in [2.05, 4.69) is 228 Å². The lowest BCUT2D eigenvalue weighted by molar-refractivity contribution is 0.996. The molecule has 0 amide bonds. The zero-order chi connectivity index (χ0) is 41.0. The maximum Gasteiger partial charge on any atom is 0.235 e. The molecule has 0 atom stereocenters. The average molecular weight is 791 g/mol. The number of fused-ring (bicyclic) bond motifs is 6. The molecule has 0 radical (unpaired) electrons. The van der Waals surface area contributed by atoms with Gasteiger partial charge in [-0.05, 0) is 75.8 Å². The molecule has 0 bridgehead atoms. The molecule has 0 aliphatic rings. The van der Waals surface area contributed by atoms with Crippen molar-refractivity contribution in [3.63, 3.8) is 0 Å². The van der Waals surface area contributed by atoms with Gasteiger partial charge >= 0.3 is 0 Å². The SMILES string of the molecule is c1ccc(-c2ccc(-c3ccc(-n4c5ccccc5c5ccc(-c6ccc7c8ccccc8n(-c8nc(-c9ccccc9)cc(-c9ccccc9)n8)c7c6)cc54)cc3)cc2)cc1. The minimum absolute atomic E-state index is 0.639. The smallest absolute Gasteiger partial charge is 0.235 e. The number of rotatable bonds is 7. The van der Waals surface area contributed by atoms with Crippen LogP contribution >= 0.6 is 0 Å². The van der Waals surface area contributed by atoms with Crippen LogP contribution in [0.15, 0.2) is 231 Å². The molecule has 4 nitrogen and oxygen atoms in total. The van der Waals surface area contributed by atoms with Gasteiger partial charge in [0.1, 0.15) is 0 Å². The fourth-order valence-electron chi connectivity index (χ4n) is 9.13. The Morgan fingerprint density at radius 2 is 0.597 bits per heavy atom. The molecule has 0 N–H and O–H groups in total. The summed E-state index contributed by atoms with van der Waals surface area (Å²) in [5.41, 5.74) is 16.5. The Labute approximate surface area is 359 Å². The number of hydrogen-bond acceptors (Lipinski definition) is 2. The van der Waals surface area contributed by atoms with Crippen molar-refractivity contribution in [1.29, 1.82) is 0 Å². The first-order chi connectivity index (χ1) is 30.7. The first-order valence-corrected chi connectivity index (χ1v) is 21.1. The van der Waals surface area contributed by atoms with Crippen LogP contribution in [0.5, 0.6) is 0 Å². The molecule has 3 aromatic heterocycles. The summed E-state index contributed by atoms with van der Waals surface area (Å²) in [6.45, 7) is 0. The standard InChI is InChI=1S/C58H38N4/c1-4-14-39(15-5-1)40-24-26-41(27-25-40)42-28-32-47(33-29-42)61-54-22-12-10-20-48(54)50-34-30-45(36-56(50)61)46-31-35-51-49-21-11-13-23-55(49)62(57(51)37-46)58-59-52(43-16-6-2-7-17-43)38-53(60-58)44-18-8-3-9-19-44/h1-38H. The van der Waals surface area contributed by atoms with Crippen LogP contribution in [0.3, 0.4) is 0 Å². The lowest BCUT2D eigenvalue weighted by Gasteiger charge is -2.12. The highest BCUT2D eigenvalue weighted by molar-refractivity contribution is 6.12. The maximum absolute atomic E-state index is 5.27. The van der Waals surface area contributed by atoms with Crippen LogP contribution in [-0.2, 0) is 0 Å². The second-order valence-corrected chi connectivity index (χ2v) is 15.8. The van der Waals surface area contributed by atoms with E-state index < -0.39 is 0 Å². The van der Waals surface area contributed by atoms with Gasteiger partial charge in [-0.25, -0.2) is 9.97 Å². The molecular formula is C58H38N4. The van der Waals surface area contributed by atoms with E-state index >= 15 is 0 Å². The van der Waals surface area contributed by atoms with E-state index in [0.29, 0.717) is 5.95 Å². The van der Waals surface area contributed by atoms with Crippen molar-refractivity contribution in [3.8, 4) is 67.5 Å². The summed E-state index contributed by atoms with van der Waals surface area (Å²) in [5, 5.41) is 4.77.